The van der Waals surface area contributed by atoms with Crippen LogP contribution in [0.15, 0.2) is 89.1 Å². The van der Waals surface area contributed by atoms with E-state index in [0.29, 0.717) is 5.56 Å². The summed E-state index contributed by atoms with van der Waals surface area (Å²) in [6.07, 6.45) is 4.52. The molecule has 2 aromatic carbocycles. The fraction of sp³-hybridized carbons (Fsp3) is 0.0500. The van der Waals surface area contributed by atoms with Gasteiger partial charge in [0.05, 0.1) is 16.8 Å². The van der Waals surface area contributed by atoms with E-state index in [1.165, 1.54) is 36.5 Å². The van der Waals surface area contributed by atoms with Gasteiger partial charge < -0.3 is 0 Å². The Morgan fingerprint density at radius 2 is 1.69 bits per heavy atom. The van der Waals surface area contributed by atoms with E-state index in [1.54, 1.807) is 42.7 Å². The highest BCUT2D eigenvalue weighted by Crippen LogP contribution is 2.25. The van der Waals surface area contributed by atoms with Crippen molar-refractivity contribution in [3.05, 3.63) is 90.5 Å². The van der Waals surface area contributed by atoms with E-state index < -0.39 is 28.3 Å². The number of hydrazone groups is 1. The summed E-state index contributed by atoms with van der Waals surface area (Å²) in [7, 11) is -4.18. The smallest absolute Gasteiger partial charge is 0.264 e. The van der Waals surface area contributed by atoms with Crippen molar-refractivity contribution in [2.45, 2.75) is 4.90 Å². The molecule has 0 fully saturated rings. The fourth-order valence-electron chi connectivity index (χ4n) is 2.47. The third-order valence-electron chi connectivity index (χ3n) is 3.85. The van der Waals surface area contributed by atoms with E-state index in [2.05, 4.69) is 15.5 Å². The van der Waals surface area contributed by atoms with Gasteiger partial charge in [0.1, 0.15) is 12.4 Å². The van der Waals surface area contributed by atoms with Crippen molar-refractivity contribution < 1.29 is 17.6 Å². The van der Waals surface area contributed by atoms with Crippen molar-refractivity contribution in [2.24, 2.45) is 5.10 Å². The second kappa shape index (κ2) is 9.07. The Labute approximate surface area is 167 Å². The topological polar surface area (TPSA) is 91.7 Å². The summed E-state index contributed by atoms with van der Waals surface area (Å²) in [6.45, 7) is -0.647. The number of hydrogen-bond donors (Lipinski definition) is 1. The third kappa shape index (κ3) is 5.02. The molecule has 1 amide bonds. The standard InChI is InChI=1S/C20H17FN4O3S/c21-18-8-4-5-9-19(18)25(29(27,28)17-6-2-1-3-7-17)15-20(26)24-23-14-16-10-12-22-13-11-16/h1-14H,15H2,(H,24,26)/b23-14-. The fourth-order valence-corrected chi connectivity index (χ4v) is 3.92. The van der Waals surface area contributed by atoms with Gasteiger partial charge in [0, 0.05) is 12.4 Å². The van der Waals surface area contributed by atoms with Crippen LogP contribution in [0.2, 0.25) is 0 Å². The van der Waals surface area contributed by atoms with Gasteiger partial charge in [-0.3, -0.25) is 14.1 Å². The minimum absolute atomic E-state index is 0.0589. The quantitative estimate of drug-likeness (QED) is 0.477. The van der Waals surface area contributed by atoms with E-state index in [1.807, 2.05) is 0 Å². The predicted molar refractivity (Wildman–Crippen MR) is 107 cm³/mol. The Balaban J connectivity index is 1.85. The van der Waals surface area contributed by atoms with Crippen molar-refractivity contribution in [2.75, 3.05) is 10.8 Å². The molecule has 1 aromatic heterocycles. The second-order valence-electron chi connectivity index (χ2n) is 5.85. The number of carbonyl (C=O) groups is 1. The molecular weight excluding hydrogens is 395 g/mol. The van der Waals surface area contributed by atoms with Crippen LogP contribution in [0, 0.1) is 5.82 Å². The van der Waals surface area contributed by atoms with Crippen LogP contribution in [0.5, 0.6) is 0 Å². The van der Waals surface area contributed by atoms with Crippen LogP contribution < -0.4 is 9.73 Å². The maximum absolute atomic E-state index is 14.3. The Bertz CT molecular complexity index is 1110. The molecule has 0 aliphatic rings. The lowest BCUT2D eigenvalue weighted by Gasteiger charge is -2.24. The molecule has 148 valence electrons. The maximum Gasteiger partial charge on any atom is 0.264 e. The van der Waals surface area contributed by atoms with E-state index in [-0.39, 0.29) is 10.6 Å². The highest BCUT2D eigenvalue weighted by Gasteiger charge is 2.28. The zero-order valence-corrected chi connectivity index (χ0v) is 16.0. The van der Waals surface area contributed by atoms with Crippen LogP contribution in [0.3, 0.4) is 0 Å². The first kappa shape index (κ1) is 20.2. The van der Waals surface area contributed by atoms with Gasteiger partial charge in [0.15, 0.2) is 0 Å². The van der Waals surface area contributed by atoms with Crippen molar-refractivity contribution in [1.29, 1.82) is 0 Å². The molecule has 9 heteroatoms. The SMILES string of the molecule is O=C(CN(c1ccccc1F)S(=O)(=O)c1ccccc1)N/N=C\c1ccncc1. The summed E-state index contributed by atoms with van der Waals surface area (Å²) in [5, 5.41) is 3.80. The first-order valence-electron chi connectivity index (χ1n) is 8.53. The molecule has 0 spiro atoms. The van der Waals surface area contributed by atoms with Crippen molar-refractivity contribution in [3.8, 4) is 0 Å². The van der Waals surface area contributed by atoms with Gasteiger partial charge in [0.25, 0.3) is 15.9 Å². The molecule has 0 unspecified atom stereocenters. The molecule has 0 atom stereocenters. The van der Waals surface area contributed by atoms with Crippen LogP contribution in [0.4, 0.5) is 10.1 Å². The Morgan fingerprint density at radius 1 is 1.03 bits per heavy atom. The molecule has 0 radical (unpaired) electrons. The van der Waals surface area contributed by atoms with Crippen molar-refractivity contribution in [3.63, 3.8) is 0 Å². The number of benzene rings is 2. The third-order valence-corrected chi connectivity index (χ3v) is 5.62. The average molecular weight is 412 g/mol. The largest absolute Gasteiger partial charge is 0.271 e. The number of nitrogens with zero attached hydrogens (tertiary/aromatic N) is 3. The van der Waals surface area contributed by atoms with Crippen LogP contribution in [-0.2, 0) is 14.8 Å². The lowest BCUT2D eigenvalue weighted by atomic mass is 10.3. The number of anilines is 1. The van der Waals surface area contributed by atoms with Crippen LogP contribution in [0.25, 0.3) is 0 Å². The number of para-hydroxylation sites is 1. The number of carbonyl (C=O) groups excluding carboxylic acids is 1. The molecule has 0 aliphatic carbocycles. The van der Waals surface area contributed by atoms with E-state index in [0.717, 1.165) is 10.4 Å². The molecule has 0 aliphatic heterocycles. The first-order valence-corrected chi connectivity index (χ1v) is 9.97. The zero-order valence-electron chi connectivity index (χ0n) is 15.1. The van der Waals surface area contributed by atoms with Crippen molar-refractivity contribution in [1.82, 2.24) is 10.4 Å². The summed E-state index contributed by atoms with van der Waals surface area (Å²) < 4.78 is 41.2. The maximum atomic E-state index is 14.3. The minimum Gasteiger partial charge on any atom is -0.271 e. The summed E-state index contributed by atoms with van der Waals surface area (Å²) in [5.74, 6) is -1.49. The number of aromatic nitrogens is 1. The summed E-state index contributed by atoms with van der Waals surface area (Å²) in [6, 6.07) is 16.2. The number of rotatable bonds is 7. The van der Waals surface area contributed by atoms with Gasteiger partial charge in [-0.05, 0) is 42.0 Å². The molecule has 0 saturated heterocycles. The lowest BCUT2D eigenvalue weighted by molar-refractivity contribution is -0.119. The Hall–Kier alpha value is -3.59. The minimum atomic E-state index is -4.18. The molecular formula is C20H17FN4O3S. The normalized spacial score (nSPS) is 11.3. The van der Waals surface area contributed by atoms with Gasteiger partial charge >= 0.3 is 0 Å². The summed E-state index contributed by atoms with van der Waals surface area (Å²) in [5.41, 5.74) is 2.72. The first-order chi connectivity index (χ1) is 14.0. The second-order valence-corrected chi connectivity index (χ2v) is 7.71. The Kier molecular flexibility index (Phi) is 6.30. The number of nitrogens with one attached hydrogen (secondary N) is 1. The molecule has 1 N–H and O–H groups in total. The lowest BCUT2D eigenvalue weighted by Crippen LogP contribution is -2.40. The number of amides is 1. The number of sulfonamides is 1. The van der Waals surface area contributed by atoms with E-state index >= 15 is 0 Å². The van der Waals surface area contributed by atoms with Crippen LogP contribution >= 0.6 is 0 Å². The Morgan fingerprint density at radius 3 is 2.38 bits per heavy atom. The molecule has 0 bridgehead atoms. The predicted octanol–water partition coefficient (Wildman–Crippen LogP) is 2.57. The monoisotopic (exact) mass is 412 g/mol. The van der Waals surface area contributed by atoms with Gasteiger partial charge in [0.2, 0.25) is 0 Å². The van der Waals surface area contributed by atoms with Gasteiger partial charge in [-0.1, -0.05) is 30.3 Å². The average Bonchev–Trinajstić information content (AvgIpc) is 2.74. The van der Waals surface area contributed by atoms with Gasteiger partial charge in [-0.25, -0.2) is 18.2 Å². The summed E-state index contributed by atoms with van der Waals surface area (Å²) in [4.78, 5) is 16.1. The van der Waals surface area contributed by atoms with Crippen LogP contribution in [0.1, 0.15) is 5.56 Å². The molecule has 7 nitrogen and oxygen atoms in total. The summed E-state index contributed by atoms with van der Waals surface area (Å²) >= 11 is 0. The van der Waals surface area contributed by atoms with Crippen LogP contribution in [-0.4, -0.2) is 32.1 Å². The highest BCUT2D eigenvalue weighted by molar-refractivity contribution is 7.92. The molecule has 29 heavy (non-hydrogen) atoms. The number of pyridine rings is 1. The molecule has 1 heterocycles. The van der Waals surface area contributed by atoms with E-state index in [4.69, 9.17) is 0 Å². The zero-order chi connectivity index (χ0) is 20.7. The van der Waals surface area contributed by atoms with E-state index in [9.17, 15) is 17.6 Å². The van der Waals surface area contributed by atoms with Gasteiger partial charge in [-0.15, -0.1) is 0 Å². The highest BCUT2D eigenvalue weighted by atomic mass is 32.2. The number of halogens is 1. The van der Waals surface area contributed by atoms with Crippen molar-refractivity contribution >= 4 is 27.8 Å². The molecule has 3 rings (SSSR count). The number of hydrogen-bond acceptors (Lipinski definition) is 5. The molecule has 3 aromatic rings. The van der Waals surface area contributed by atoms with Gasteiger partial charge in [-0.2, -0.15) is 5.10 Å². The molecule has 0 saturated carbocycles.